The van der Waals surface area contributed by atoms with Crippen molar-refractivity contribution in [1.82, 2.24) is 14.2 Å². The van der Waals surface area contributed by atoms with Crippen LogP contribution in [0.3, 0.4) is 0 Å². The number of nitrogens with zero attached hydrogens (tertiary/aromatic N) is 4. The highest BCUT2D eigenvalue weighted by atomic mass is 35.5. The molecule has 0 atom stereocenters. The normalized spacial score (nSPS) is 15.0. The summed E-state index contributed by atoms with van der Waals surface area (Å²) in [7, 11) is -1.60. The van der Waals surface area contributed by atoms with Crippen LogP contribution >= 0.6 is 23.7 Å². The fraction of sp³-hybridized carbons (Fsp3) is 0.462. The smallest absolute Gasteiger partial charge is 0.260 e. The molecule has 13 heteroatoms. The van der Waals surface area contributed by atoms with Crippen molar-refractivity contribution in [2.75, 3.05) is 45.4 Å². The molecule has 0 saturated heterocycles. The lowest BCUT2D eigenvalue weighted by Gasteiger charge is -2.30. The third kappa shape index (κ3) is 7.17. The number of anilines is 1. The van der Waals surface area contributed by atoms with Gasteiger partial charge in [-0.2, -0.15) is 4.31 Å². The second kappa shape index (κ2) is 12.6. The first kappa shape index (κ1) is 31.4. The predicted octanol–water partition coefficient (Wildman–Crippen LogP) is 4.28. The highest BCUT2D eigenvalue weighted by Crippen LogP contribution is 2.32. The van der Waals surface area contributed by atoms with Crippen LogP contribution in [0.2, 0.25) is 0 Å². The molecular formula is C26H35ClN4O5S3. The van der Waals surface area contributed by atoms with Crippen molar-refractivity contribution in [3.05, 3.63) is 48.0 Å². The van der Waals surface area contributed by atoms with E-state index in [-0.39, 0.29) is 34.1 Å². The SMILES string of the molecule is CN(C)CCN(C(=O)c1ccc(S(=O)(=O)N(C)C2CCCCC2)cc1)c1nc2ccc(S(C)(=O)=O)cc2s1.Cl. The zero-order chi connectivity index (χ0) is 27.7. The molecule has 0 aliphatic heterocycles. The maximum Gasteiger partial charge on any atom is 0.260 e. The van der Waals surface area contributed by atoms with Crippen molar-refractivity contribution < 1.29 is 21.6 Å². The van der Waals surface area contributed by atoms with Gasteiger partial charge in [0.05, 0.1) is 20.0 Å². The van der Waals surface area contributed by atoms with Crippen molar-refractivity contribution in [1.29, 1.82) is 0 Å². The summed E-state index contributed by atoms with van der Waals surface area (Å²) in [4.78, 5) is 22.1. The minimum absolute atomic E-state index is 0. The van der Waals surface area contributed by atoms with Gasteiger partial charge in [-0.1, -0.05) is 30.6 Å². The Hall–Kier alpha value is -2.09. The zero-order valence-electron chi connectivity index (χ0n) is 22.5. The number of benzene rings is 2. The van der Waals surface area contributed by atoms with Crippen LogP contribution in [0.15, 0.2) is 52.3 Å². The third-order valence-corrected chi connectivity index (χ3v) is 11.0. The Bertz CT molecular complexity index is 1520. The molecule has 0 spiro atoms. The molecular weight excluding hydrogens is 580 g/mol. The van der Waals surface area contributed by atoms with E-state index in [1.807, 2.05) is 19.0 Å². The molecule has 0 N–H and O–H groups in total. The summed E-state index contributed by atoms with van der Waals surface area (Å²) in [5, 5.41) is 0.450. The maximum atomic E-state index is 13.6. The van der Waals surface area contributed by atoms with Gasteiger partial charge in [0.15, 0.2) is 15.0 Å². The van der Waals surface area contributed by atoms with Gasteiger partial charge in [-0.15, -0.1) is 12.4 Å². The second-order valence-corrected chi connectivity index (χ2v) is 15.0. The molecule has 1 aromatic heterocycles. The molecule has 0 unspecified atom stereocenters. The number of carbonyl (C=O) groups is 1. The summed E-state index contributed by atoms with van der Waals surface area (Å²) in [6.45, 7) is 0.934. The number of likely N-dealkylation sites (N-methyl/N-ethyl adjacent to an activating group) is 1. The molecule has 214 valence electrons. The molecule has 1 saturated carbocycles. The van der Waals surface area contributed by atoms with Gasteiger partial charge in [-0.25, -0.2) is 21.8 Å². The van der Waals surface area contributed by atoms with E-state index < -0.39 is 19.9 Å². The lowest BCUT2D eigenvalue weighted by atomic mass is 9.96. The van der Waals surface area contributed by atoms with Crippen LogP contribution in [-0.2, 0) is 19.9 Å². The summed E-state index contributed by atoms with van der Waals surface area (Å²) < 4.78 is 52.5. The van der Waals surface area contributed by atoms with Crippen molar-refractivity contribution in [3.63, 3.8) is 0 Å². The van der Waals surface area contributed by atoms with Crippen molar-refractivity contribution in [3.8, 4) is 0 Å². The third-order valence-electron chi connectivity index (χ3n) is 6.89. The van der Waals surface area contributed by atoms with E-state index in [0.717, 1.165) is 38.4 Å². The molecule has 39 heavy (non-hydrogen) atoms. The molecule has 2 aromatic carbocycles. The maximum absolute atomic E-state index is 13.6. The fourth-order valence-corrected chi connectivity index (χ4v) is 7.72. The van der Waals surface area contributed by atoms with Gasteiger partial charge >= 0.3 is 0 Å². The van der Waals surface area contributed by atoms with E-state index in [1.165, 1.54) is 33.8 Å². The van der Waals surface area contributed by atoms with E-state index in [9.17, 15) is 21.6 Å². The zero-order valence-corrected chi connectivity index (χ0v) is 25.8. The van der Waals surface area contributed by atoms with Crippen LogP contribution in [-0.4, -0.2) is 83.5 Å². The van der Waals surface area contributed by atoms with Crippen LogP contribution in [0.4, 0.5) is 5.13 Å². The first-order valence-electron chi connectivity index (χ1n) is 12.5. The first-order valence-corrected chi connectivity index (χ1v) is 16.7. The molecule has 1 fully saturated rings. The Labute approximate surface area is 241 Å². The Morgan fingerprint density at radius 3 is 2.13 bits per heavy atom. The molecule has 1 aliphatic rings. The minimum Gasteiger partial charge on any atom is -0.308 e. The molecule has 9 nitrogen and oxygen atoms in total. The second-order valence-electron chi connectivity index (χ2n) is 10.00. The molecule has 1 aliphatic carbocycles. The number of hydrogen-bond donors (Lipinski definition) is 0. The van der Waals surface area contributed by atoms with E-state index in [4.69, 9.17) is 0 Å². The largest absolute Gasteiger partial charge is 0.308 e. The Morgan fingerprint density at radius 2 is 1.54 bits per heavy atom. The van der Waals surface area contributed by atoms with Gasteiger partial charge < -0.3 is 4.90 Å². The Morgan fingerprint density at radius 1 is 0.923 bits per heavy atom. The van der Waals surface area contributed by atoms with Gasteiger partial charge in [0.1, 0.15) is 0 Å². The van der Waals surface area contributed by atoms with Gasteiger partial charge in [-0.05, 0) is 69.4 Å². The number of aromatic nitrogens is 1. The van der Waals surface area contributed by atoms with Gasteiger partial charge in [0.25, 0.3) is 5.91 Å². The molecule has 0 radical (unpaired) electrons. The number of carbonyl (C=O) groups excluding carboxylic acids is 1. The van der Waals surface area contributed by atoms with Crippen molar-refractivity contribution >= 4 is 64.9 Å². The quantitative estimate of drug-likeness (QED) is 0.354. The van der Waals surface area contributed by atoms with Crippen LogP contribution in [0, 0.1) is 0 Å². The Kier molecular flexibility index (Phi) is 10.2. The highest BCUT2D eigenvalue weighted by molar-refractivity contribution is 7.90. The molecule has 1 heterocycles. The first-order chi connectivity index (χ1) is 17.9. The molecule has 1 amide bonds. The van der Waals surface area contributed by atoms with E-state index >= 15 is 0 Å². The predicted molar refractivity (Wildman–Crippen MR) is 158 cm³/mol. The number of hydrogen-bond acceptors (Lipinski definition) is 8. The van der Waals surface area contributed by atoms with Gasteiger partial charge in [0.2, 0.25) is 10.0 Å². The summed E-state index contributed by atoms with van der Waals surface area (Å²) in [5.74, 6) is -0.307. The molecule has 3 aromatic rings. The topological polar surface area (TPSA) is 108 Å². The van der Waals surface area contributed by atoms with Gasteiger partial charge in [-0.3, -0.25) is 9.69 Å². The summed E-state index contributed by atoms with van der Waals surface area (Å²) >= 11 is 1.25. The Balaban J connectivity index is 0.00000420. The lowest BCUT2D eigenvalue weighted by molar-refractivity contribution is 0.0985. The number of sulfone groups is 1. The van der Waals surface area contributed by atoms with E-state index in [2.05, 4.69) is 4.98 Å². The number of rotatable bonds is 9. The van der Waals surface area contributed by atoms with E-state index in [0.29, 0.717) is 34.0 Å². The van der Waals surface area contributed by atoms with Crippen LogP contribution in [0.1, 0.15) is 42.5 Å². The molecule has 0 bridgehead atoms. The monoisotopic (exact) mass is 614 g/mol. The standard InChI is InChI=1S/C26H34N4O5S3.ClH/c1-28(2)16-17-30(26-27-23-15-14-22(37(4,32)33)18-24(23)36-26)25(31)19-10-12-21(13-11-19)38(34,35)29(3)20-8-6-5-7-9-20;/h10-15,18,20H,5-9,16-17H2,1-4H3;1H. The number of sulfonamides is 1. The summed E-state index contributed by atoms with van der Waals surface area (Å²) in [5.41, 5.74) is 0.950. The minimum atomic E-state index is -3.67. The van der Waals surface area contributed by atoms with Crippen LogP contribution in [0.25, 0.3) is 10.2 Å². The highest BCUT2D eigenvalue weighted by Gasteiger charge is 2.29. The van der Waals surface area contributed by atoms with Gasteiger partial charge in [0, 0.05) is 38.0 Å². The van der Waals surface area contributed by atoms with Crippen LogP contribution < -0.4 is 4.90 Å². The van der Waals surface area contributed by atoms with Crippen LogP contribution in [0.5, 0.6) is 0 Å². The number of halogens is 1. The number of thiazole rings is 1. The van der Waals surface area contributed by atoms with E-state index in [1.54, 1.807) is 36.2 Å². The van der Waals surface area contributed by atoms with Crippen molar-refractivity contribution in [2.24, 2.45) is 0 Å². The average Bonchev–Trinajstić information content (AvgIpc) is 3.31. The summed E-state index contributed by atoms with van der Waals surface area (Å²) in [6, 6.07) is 10.8. The molecule has 4 rings (SSSR count). The van der Waals surface area contributed by atoms with Crippen molar-refractivity contribution in [2.45, 2.75) is 47.9 Å². The summed E-state index contributed by atoms with van der Waals surface area (Å²) in [6.07, 6.45) is 6.07. The average molecular weight is 615 g/mol. The lowest BCUT2D eigenvalue weighted by Crippen LogP contribution is -2.38. The fourth-order valence-electron chi connectivity index (χ4n) is 4.56. The number of fused-ring (bicyclic) bond motifs is 1. The number of amides is 1.